The number of methoxy groups -OCH3 is 1. The van der Waals surface area contributed by atoms with Crippen LogP contribution >= 0.6 is 0 Å². The summed E-state index contributed by atoms with van der Waals surface area (Å²) in [6, 6.07) is 7.00. The van der Waals surface area contributed by atoms with Crippen molar-refractivity contribution in [3.8, 4) is 5.88 Å². The number of benzene rings is 1. The molecule has 0 fully saturated rings. The second-order valence-electron chi connectivity index (χ2n) is 5.27. The van der Waals surface area contributed by atoms with Crippen LogP contribution < -0.4 is 4.74 Å². The molecule has 3 rings (SSSR count). The molecule has 0 radical (unpaired) electrons. The van der Waals surface area contributed by atoms with Crippen molar-refractivity contribution in [3.63, 3.8) is 0 Å². The predicted molar refractivity (Wildman–Crippen MR) is 82.7 cm³/mol. The van der Waals surface area contributed by atoms with Gasteiger partial charge in [0, 0.05) is 11.1 Å². The molecule has 3 nitrogen and oxygen atoms in total. The summed E-state index contributed by atoms with van der Waals surface area (Å²) in [5.41, 5.74) is 0.686. The molecule has 3 aromatic rings. The van der Waals surface area contributed by atoms with Crippen LogP contribution in [0.2, 0.25) is 0 Å². The van der Waals surface area contributed by atoms with Gasteiger partial charge in [0.2, 0.25) is 5.88 Å². The summed E-state index contributed by atoms with van der Waals surface area (Å²) in [5, 5.41) is 0.511. The van der Waals surface area contributed by atoms with Crippen LogP contribution in [0.1, 0.15) is 23.7 Å². The topological polar surface area (TPSA) is 35.0 Å². The van der Waals surface area contributed by atoms with Crippen LogP contribution in [0.4, 0.5) is 13.2 Å². The summed E-state index contributed by atoms with van der Waals surface area (Å²) in [4.78, 5) is 8.71. The van der Waals surface area contributed by atoms with E-state index in [0.717, 1.165) is 0 Å². The van der Waals surface area contributed by atoms with Crippen LogP contribution in [0.25, 0.3) is 21.8 Å². The van der Waals surface area contributed by atoms with Gasteiger partial charge in [-0.3, -0.25) is 4.98 Å². The van der Waals surface area contributed by atoms with E-state index in [1.165, 1.54) is 14.0 Å². The third-order valence-electron chi connectivity index (χ3n) is 3.95. The van der Waals surface area contributed by atoms with Crippen molar-refractivity contribution in [1.29, 1.82) is 0 Å². The molecule has 23 heavy (non-hydrogen) atoms. The molecular weight excluding hydrogens is 305 g/mol. The van der Waals surface area contributed by atoms with Gasteiger partial charge in [0.15, 0.2) is 0 Å². The Labute approximate surface area is 131 Å². The zero-order valence-electron chi connectivity index (χ0n) is 13.0. The van der Waals surface area contributed by atoms with Gasteiger partial charge in [0.1, 0.15) is 0 Å². The minimum absolute atomic E-state index is 0.0516. The molecule has 0 bridgehead atoms. The third kappa shape index (κ3) is 2.38. The van der Waals surface area contributed by atoms with Crippen molar-refractivity contribution in [1.82, 2.24) is 9.97 Å². The maximum Gasteiger partial charge on any atom is 0.417 e. The Balaban J connectivity index is 2.63. The van der Waals surface area contributed by atoms with E-state index in [-0.39, 0.29) is 22.3 Å². The Morgan fingerprint density at radius 1 is 1.13 bits per heavy atom. The second kappa shape index (κ2) is 5.37. The molecule has 1 aromatic carbocycles. The third-order valence-corrected chi connectivity index (χ3v) is 3.95. The SMILES string of the molecule is CCc1nc2c(c(OC)nc3ccccc32)c(C(F)(F)F)c1C. The molecule has 0 saturated carbocycles. The molecule has 0 aliphatic heterocycles. The maximum atomic E-state index is 13.7. The molecule has 0 spiro atoms. The molecule has 0 N–H and O–H groups in total. The first-order chi connectivity index (χ1) is 10.9. The van der Waals surface area contributed by atoms with E-state index in [0.29, 0.717) is 23.0 Å². The Bertz CT molecular complexity index is 904. The lowest BCUT2D eigenvalue weighted by molar-refractivity contribution is -0.136. The number of pyridine rings is 2. The highest BCUT2D eigenvalue weighted by atomic mass is 19.4. The van der Waals surface area contributed by atoms with E-state index in [9.17, 15) is 13.2 Å². The van der Waals surface area contributed by atoms with Crippen LogP contribution in [-0.2, 0) is 12.6 Å². The first kappa shape index (κ1) is 15.5. The van der Waals surface area contributed by atoms with E-state index in [1.807, 2.05) is 0 Å². The summed E-state index contributed by atoms with van der Waals surface area (Å²) >= 11 is 0. The van der Waals surface area contributed by atoms with E-state index in [2.05, 4.69) is 9.97 Å². The van der Waals surface area contributed by atoms with Crippen LogP contribution in [0.3, 0.4) is 0 Å². The van der Waals surface area contributed by atoms with Crippen LogP contribution in [0.5, 0.6) is 5.88 Å². The Kier molecular flexibility index (Phi) is 3.62. The second-order valence-corrected chi connectivity index (χ2v) is 5.27. The van der Waals surface area contributed by atoms with Gasteiger partial charge in [-0.25, -0.2) is 4.98 Å². The predicted octanol–water partition coefficient (Wildman–Crippen LogP) is 4.68. The van der Waals surface area contributed by atoms with E-state index >= 15 is 0 Å². The highest BCUT2D eigenvalue weighted by Gasteiger charge is 2.37. The van der Waals surface area contributed by atoms with Crippen molar-refractivity contribution in [2.24, 2.45) is 0 Å². The van der Waals surface area contributed by atoms with Gasteiger partial charge in [0.25, 0.3) is 0 Å². The Hall–Kier alpha value is -2.37. The van der Waals surface area contributed by atoms with Crippen molar-refractivity contribution < 1.29 is 17.9 Å². The van der Waals surface area contributed by atoms with Crippen LogP contribution in [0.15, 0.2) is 24.3 Å². The van der Waals surface area contributed by atoms with Gasteiger partial charge < -0.3 is 4.74 Å². The zero-order valence-corrected chi connectivity index (χ0v) is 13.0. The molecule has 0 atom stereocenters. The fourth-order valence-corrected chi connectivity index (χ4v) is 2.91. The van der Waals surface area contributed by atoms with Crippen molar-refractivity contribution in [3.05, 3.63) is 41.1 Å². The number of fused-ring (bicyclic) bond motifs is 3. The number of aromatic nitrogens is 2. The monoisotopic (exact) mass is 320 g/mol. The van der Waals surface area contributed by atoms with Crippen LogP contribution in [-0.4, -0.2) is 17.1 Å². The molecule has 0 saturated heterocycles. The average molecular weight is 320 g/mol. The fraction of sp³-hybridized carbons (Fsp3) is 0.294. The molecule has 120 valence electrons. The van der Waals surface area contributed by atoms with Gasteiger partial charge in [-0.05, 0) is 25.0 Å². The molecule has 0 aliphatic rings. The Morgan fingerprint density at radius 2 is 1.83 bits per heavy atom. The molecule has 0 amide bonds. The summed E-state index contributed by atoms with van der Waals surface area (Å²) in [5.74, 6) is -0.0516. The summed E-state index contributed by atoms with van der Waals surface area (Å²) in [7, 11) is 1.32. The van der Waals surface area contributed by atoms with Crippen molar-refractivity contribution in [2.45, 2.75) is 26.4 Å². The molecular formula is C17H15F3N2O. The number of ether oxygens (including phenoxy) is 1. The average Bonchev–Trinajstić information content (AvgIpc) is 2.52. The van der Waals surface area contributed by atoms with E-state index < -0.39 is 11.7 Å². The van der Waals surface area contributed by atoms with Gasteiger partial charge in [-0.1, -0.05) is 25.1 Å². The van der Waals surface area contributed by atoms with E-state index in [4.69, 9.17) is 4.74 Å². The number of halogens is 3. The molecule has 2 heterocycles. The molecule has 6 heteroatoms. The summed E-state index contributed by atoms with van der Waals surface area (Å²) in [6.07, 6.45) is -4.09. The Morgan fingerprint density at radius 3 is 2.43 bits per heavy atom. The first-order valence-electron chi connectivity index (χ1n) is 7.21. The van der Waals surface area contributed by atoms with Crippen molar-refractivity contribution in [2.75, 3.05) is 7.11 Å². The van der Waals surface area contributed by atoms with E-state index in [1.54, 1.807) is 31.2 Å². The highest BCUT2D eigenvalue weighted by molar-refractivity contribution is 6.07. The summed E-state index contributed by atoms with van der Waals surface area (Å²) in [6.45, 7) is 3.24. The fourth-order valence-electron chi connectivity index (χ4n) is 2.91. The number of hydrogen-bond donors (Lipinski definition) is 0. The normalized spacial score (nSPS) is 12.1. The molecule has 0 aliphatic carbocycles. The van der Waals surface area contributed by atoms with Gasteiger partial charge in [0.05, 0.1) is 29.1 Å². The van der Waals surface area contributed by atoms with Gasteiger partial charge in [-0.2, -0.15) is 13.2 Å². The van der Waals surface area contributed by atoms with Crippen molar-refractivity contribution >= 4 is 21.8 Å². The largest absolute Gasteiger partial charge is 0.480 e. The maximum absolute atomic E-state index is 13.7. The number of hydrogen-bond acceptors (Lipinski definition) is 3. The van der Waals surface area contributed by atoms with Gasteiger partial charge in [-0.15, -0.1) is 0 Å². The standard InChI is InChI=1S/C17H15F3N2O/c1-4-11-9(2)14(17(18,19)20)13-15(21-11)10-7-5-6-8-12(10)22-16(13)23-3/h5-8H,4H2,1-3H3. The number of alkyl halides is 3. The smallest absolute Gasteiger partial charge is 0.417 e. The lowest BCUT2D eigenvalue weighted by Crippen LogP contribution is -2.13. The lowest BCUT2D eigenvalue weighted by Gasteiger charge is -2.18. The number of nitrogens with zero attached hydrogens (tertiary/aromatic N) is 2. The molecule has 2 aromatic heterocycles. The minimum Gasteiger partial charge on any atom is -0.480 e. The lowest BCUT2D eigenvalue weighted by atomic mass is 9.98. The zero-order chi connectivity index (χ0) is 16.8. The van der Waals surface area contributed by atoms with Gasteiger partial charge >= 0.3 is 6.18 Å². The number of para-hydroxylation sites is 1. The molecule has 0 unspecified atom stereocenters. The quantitative estimate of drug-likeness (QED) is 0.643. The first-order valence-corrected chi connectivity index (χ1v) is 7.21. The highest BCUT2D eigenvalue weighted by Crippen LogP contribution is 2.42. The number of rotatable bonds is 2. The number of aryl methyl sites for hydroxylation is 1. The summed E-state index contributed by atoms with van der Waals surface area (Å²) < 4.78 is 46.2. The van der Waals surface area contributed by atoms with Crippen LogP contribution in [0, 0.1) is 6.92 Å². The minimum atomic E-state index is -4.51.